The number of rotatable bonds is 5. The minimum Gasteiger partial charge on any atom is -0.352 e. The molecule has 5 aromatic heterocycles. The van der Waals surface area contributed by atoms with Gasteiger partial charge in [-0.25, -0.2) is 9.37 Å². The van der Waals surface area contributed by atoms with Crippen molar-refractivity contribution in [3.63, 3.8) is 0 Å². The van der Waals surface area contributed by atoms with Crippen molar-refractivity contribution in [3.8, 4) is 33.8 Å². The van der Waals surface area contributed by atoms with Gasteiger partial charge in [-0.3, -0.25) is 19.9 Å². The van der Waals surface area contributed by atoms with Gasteiger partial charge in [-0.2, -0.15) is 5.10 Å². The molecule has 0 spiro atoms. The summed E-state index contributed by atoms with van der Waals surface area (Å²) >= 11 is 0. The zero-order valence-corrected chi connectivity index (χ0v) is 21.8. The molecule has 1 fully saturated rings. The van der Waals surface area contributed by atoms with E-state index in [-0.39, 0.29) is 17.6 Å². The Hall–Kier alpha value is -4.92. The maximum Gasteiger partial charge on any atom is 0.227 e. The summed E-state index contributed by atoms with van der Waals surface area (Å²) in [6.07, 6.45) is 11.0. The second-order valence-corrected chi connectivity index (χ2v) is 10.4. The summed E-state index contributed by atoms with van der Waals surface area (Å²) in [5.74, 6) is -0.156. The molecule has 8 nitrogen and oxygen atoms in total. The maximum atomic E-state index is 14.2. The maximum absolute atomic E-state index is 14.2. The Morgan fingerprint density at radius 1 is 0.950 bits per heavy atom. The van der Waals surface area contributed by atoms with Crippen LogP contribution in [0.2, 0.25) is 0 Å². The topological polar surface area (TPSA) is 112 Å². The molecule has 40 heavy (non-hydrogen) atoms. The van der Waals surface area contributed by atoms with Gasteiger partial charge in [0.25, 0.3) is 0 Å². The fourth-order valence-electron chi connectivity index (χ4n) is 5.63. The van der Waals surface area contributed by atoms with Crippen LogP contribution in [0.5, 0.6) is 0 Å². The van der Waals surface area contributed by atoms with E-state index in [2.05, 4.69) is 30.5 Å². The molecule has 7 rings (SSSR count). The number of anilines is 1. The molecule has 3 N–H and O–H groups in total. The number of nitrogens with zero attached hydrogens (tertiary/aromatic N) is 4. The molecule has 0 aliphatic heterocycles. The van der Waals surface area contributed by atoms with Gasteiger partial charge in [0, 0.05) is 34.8 Å². The van der Waals surface area contributed by atoms with E-state index in [9.17, 15) is 9.18 Å². The Morgan fingerprint density at radius 2 is 1.80 bits per heavy atom. The van der Waals surface area contributed by atoms with E-state index in [0.29, 0.717) is 22.6 Å². The number of amides is 1. The highest BCUT2D eigenvalue weighted by molar-refractivity contribution is 6.00. The van der Waals surface area contributed by atoms with Crippen molar-refractivity contribution in [1.82, 2.24) is 30.1 Å². The van der Waals surface area contributed by atoms with E-state index in [4.69, 9.17) is 4.98 Å². The fourth-order valence-corrected chi connectivity index (χ4v) is 5.63. The van der Waals surface area contributed by atoms with Gasteiger partial charge in [0.1, 0.15) is 17.0 Å². The molecule has 1 aromatic carbocycles. The Bertz CT molecular complexity index is 1880. The third-order valence-corrected chi connectivity index (χ3v) is 7.59. The van der Waals surface area contributed by atoms with E-state index >= 15 is 0 Å². The Morgan fingerprint density at radius 3 is 2.65 bits per heavy atom. The second-order valence-electron chi connectivity index (χ2n) is 10.4. The van der Waals surface area contributed by atoms with Crippen LogP contribution in [-0.4, -0.2) is 36.0 Å². The van der Waals surface area contributed by atoms with Crippen molar-refractivity contribution in [2.45, 2.75) is 32.6 Å². The van der Waals surface area contributed by atoms with E-state index < -0.39 is 0 Å². The van der Waals surface area contributed by atoms with E-state index in [1.54, 1.807) is 24.8 Å². The SMILES string of the molecule is Cc1cc(F)cc(-c2cncc3[nH]c(-c4n[nH]c5ccc(-c6cncc(NC(=O)C7CCCC7)c6)nc45)cc23)c1. The van der Waals surface area contributed by atoms with Crippen LogP contribution < -0.4 is 5.32 Å². The lowest BCUT2D eigenvalue weighted by Crippen LogP contribution is -2.20. The average Bonchev–Trinajstić information content (AvgIpc) is 3.71. The Kier molecular flexibility index (Phi) is 5.84. The van der Waals surface area contributed by atoms with E-state index in [1.807, 2.05) is 37.3 Å². The lowest BCUT2D eigenvalue weighted by molar-refractivity contribution is -0.119. The van der Waals surface area contributed by atoms with Gasteiger partial charge >= 0.3 is 0 Å². The van der Waals surface area contributed by atoms with Gasteiger partial charge in [-0.05, 0) is 67.3 Å². The molecule has 0 radical (unpaired) electrons. The van der Waals surface area contributed by atoms with Crippen LogP contribution in [0.1, 0.15) is 31.2 Å². The van der Waals surface area contributed by atoms with Crippen molar-refractivity contribution >= 4 is 33.5 Å². The highest BCUT2D eigenvalue weighted by atomic mass is 19.1. The van der Waals surface area contributed by atoms with Crippen molar-refractivity contribution in [2.75, 3.05) is 5.32 Å². The monoisotopic (exact) mass is 531 g/mol. The van der Waals surface area contributed by atoms with Crippen molar-refractivity contribution < 1.29 is 9.18 Å². The van der Waals surface area contributed by atoms with Crippen LogP contribution in [0.15, 0.2) is 67.3 Å². The fraction of sp³-hybridized carbons (Fsp3) is 0.194. The number of aryl methyl sites for hydroxylation is 1. The summed E-state index contributed by atoms with van der Waals surface area (Å²) in [4.78, 5) is 29.7. The molecular weight excluding hydrogens is 505 g/mol. The first-order chi connectivity index (χ1) is 19.5. The van der Waals surface area contributed by atoms with Crippen LogP contribution in [0, 0.1) is 18.7 Å². The van der Waals surface area contributed by atoms with Crippen LogP contribution in [-0.2, 0) is 4.79 Å². The number of fused-ring (bicyclic) bond motifs is 2. The quantitative estimate of drug-likeness (QED) is 0.226. The minimum atomic E-state index is -0.283. The lowest BCUT2D eigenvalue weighted by Gasteiger charge is -2.11. The number of carbonyl (C=O) groups is 1. The van der Waals surface area contributed by atoms with Crippen molar-refractivity contribution in [2.24, 2.45) is 5.92 Å². The Balaban J connectivity index is 1.25. The minimum absolute atomic E-state index is 0.0538. The molecule has 1 aliphatic rings. The smallest absolute Gasteiger partial charge is 0.227 e. The number of halogens is 1. The molecule has 0 unspecified atom stereocenters. The summed E-state index contributed by atoms with van der Waals surface area (Å²) < 4.78 is 14.2. The first kappa shape index (κ1) is 24.1. The number of hydrogen-bond acceptors (Lipinski definition) is 5. The van der Waals surface area contributed by atoms with Crippen LogP contribution in [0.4, 0.5) is 10.1 Å². The molecule has 0 saturated heterocycles. The molecule has 6 aromatic rings. The molecule has 0 atom stereocenters. The van der Waals surface area contributed by atoms with Crippen LogP contribution in [0.3, 0.4) is 0 Å². The summed E-state index contributed by atoms with van der Waals surface area (Å²) in [7, 11) is 0. The number of benzene rings is 1. The zero-order chi connectivity index (χ0) is 27.2. The van der Waals surface area contributed by atoms with Crippen molar-refractivity contribution in [1.29, 1.82) is 0 Å². The second kappa shape index (κ2) is 9.68. The van der Waals surface area contributed by atoms with Crippen LogP contribution in [0.25, 0.3) is 55.7 Å². The Labute approximate surface area is 229 Å². The molecule has 0 bridgehead atoms. The molecule has 9 heteroatoms. The van der Waals surface area contributed by atoms with Gasteiger partial charge < -0.3 is 10.3 Å². The summed E-state index contributed by atoms with van der Waals surface area (Å²) in [6, 6.07) is 12.7. The molecule has 1 aliphatic carbocycles. The standard InChI is InChI=1S/C31H26FN7O/c1-17-8-19(10-21(32)9-17)24-15-34-16-28-23(24)12-27(36-28)30-29-26(38-39-30)7-6-25(37-29)20-11-22(14-33-13-20)35-31(40)18-4-2-3-5-18/h6-16,18,36H,2-5H2,1H3,(H,35,40)(H,38,39). The first-order valence-corrected chi connectivity index (χ1v) is 13.4. The van der Waals surface area contributed by atoms with Gasteiger partial charge in [0.05, 0.1) is 40.5 Å². The molecular formula is C31H26FN7O. The highest BCUT2D eigenvalue weighted by Crippen LogP contribution is 2.34. The molecule has 198 valence electrons. The first-order valence-electron chi connectivity index (χ1n) is 13.4. The van der Waals surface area contributed by atoms with Gasteiger partial charge in [0.15, 0.2) is 0 Å². The summed E-state index contributed by atoms with van der Waals surface area (Å²) in [5, 5.41) is 11.6. The number of hydrogen-bond donors (Lipinski definition) is 3. The predicted molar refractivity (Wildman–Crippen MR) is 153 cm³/mol. The molecule has 1 amide bonds. The van der Waals surface area contributed by atoms with Gasteiger partial charge in [0.2, 0.25) is 5.91 Å². The molecule has 5 heterocycles. The highest BCUT2D eigenvalue weighted by Gasteiger charge is 2.23. The van der Waals surface area contributed by atoms with Crippen LogP contribution >= 0.6 is 0 Å². The third-order valence-electron chi connectivity index (χ3n) is 7.59. The number of H-pyrrole nitrogens is 2. The zero-order valence-electron chi connectivity index (χ0n) is 21.8. The normalized spacial score (nSPS) is 13.8. The lowest BCUT2D eigenvalue weighted by atomic mass is 10.0. The average molecular weight is 532 g/mol. The van der Waals surface area contributed by atoms with Crippen molar-refractivity contribution in [3.05, 3.63) is 78.6 Å². The third kappa shape index (κ3) is 4.39. The number of aromatic amines is 2. The number of nitrogens with one attached hydrogen (secondary N) is 3. The largest absolute Gasteiger partial charge is 0.352 e. The van der Waals surface area contributed by atoms with E-state index in [1.165, 1.54) is 12.1 Å². The molecule has 1 saturated carbocycles. The number of carbonyl (C=O) groups excluding carboxylic acids is 1. The predicted octanol–water partition coefficient (Wildman–Crippen LogP) is 6.81. The number of aromatic nitrogens is 6. The summed E-state index contributed by atoms with van der Waals surface area (Å²) in [5.41, 5.74) is 8.33. The van der Waals surface area contributed by atoms with E-state index in [0.717, 1.165) is 70.1 Å². The number of pyridine rings is 3. The summed E-state index contributed by atoms with van der Waals surface area (Å²) in [6.45, 7) is 1.87. The van der Waals surface area contributed by atoms with Gasteiger partial charge in [-0.1, -0.05) is 18.9 Å². The van der Waals surface area contributed by atoms with Gasteiger partial charge in [-0.15, -0.1) is 0 Å².